The molecule has 1 fully saturated rings. The number of hydrogen-bond acceptors (Lipinski definition) is 3. The van der Waals surface area contributed by atoms with Crippen molar-refractivity contribution in [1.29, 1.82) is 0 Å². The van der Waals surface area contributed by atoms with Crippen LogP contribution < -0.4 is 0 Å². The fourth-order valence-corrected chi connectivity index (χ4v) is 6.03. The molecule has 34 heavy (non-hydrogen) atoms. The molecular formula is C28H23Cl2NO3. The molecule has 4 nitrogen and oxygen atoms in total. The average Bonchev–Trinajstić information content (AvgIpc) is 3.15. The van der Waals surface area contributed by atoms with Gasteiger partial charge in [0, 0.05) is 16.0 Å². The van der Waals surface area contributed by atoms with Crippen molar-refractivity contribution in [2.24, 2.45) is 0 Å². The van der Waals surface area contributed by atoms with E-state index in [4.69, 9.17) is 32.7 Å². The van der Waals surface area contributed by atoms with Crippen LogP contribution in [-0.4, -0.2) is 42.9 Å². The van der Waals surface area contributed by atoms with Gasteiger partial charge < -0.3 is 9.47 Å². The predicted molar refractivity (Wildman–Crippen MR) is 134 cm³/mol. The van der Waals surface area contributed by atoms with Crippen molar-refractivity contribution in [3.05, 3.63) is 99.5 Å². The maximum absolute atomic E-state index is 13.3. The third-order valence-corrected chi connectivity index (χ3v) is 7.42. The SMILES string of the molecule is O=C(OCC1c2ccccc2-c2ccccc21)N1C2C=C(c3cc(Cl)cc(Cl)c3)CC1COC2. The van der Waals surface area contributed by atoms with Gasteiger partial charge in [0.1, 0.15) is 6.61 Å². The molecule has 6 rings (SSSR count). The number of morpholine rings is 1. The molecule has 2 heterocycles. The first-order valence-corrected chi connectivity index (χ1v) is 12.2. The summed E-state index contributed by atoms with van der Waals surface area (Å²) in [5, 5.41) is 1.20. The second kappa shape index (κ2) is 8.77. The lowest BCUT2D eigenvalue weighted by molar-refractivity contribution is -0.0331. The minimum Gasteiger partial charge on any atom is -0.448 e. The summed E-state index contributed by atoms with van der Waals surface area (Å²) in [6.07, 6.45) is 2.45. The maximum atomic E-state index is 13.3. The molecule has 172 valence electrons. The van der Waals surface area contributed by atoms with Gasteiger partial charge in [-0.3, -0.25) is 4.90 Å². The van der Waals surface area contributed by atoms with Crippen molar-refractivity contribution in [2.45, 2.75) is 24.4 Å². The van der Waals surface area contributed by atoms with E-state index in [9.17, 15) is 4.79 Å². The number of benzene rings is 3. The molecular weight excluding hydrogens is 469 g/mol. The highest BCUT2D eigenvalue weighted by atomic mass is 35.5. The molecule has 1 saturated heterocycles. The third-order valence-electron chi connectivity index (χ3n) is 6.98. The van der Waals surface area contributed by atoms with Crippen molar-refractivity contribution < 1.29 is 14.3 Å². The second-order valence-corrected chi connectivity index (χ2v) is 9.90. The Hall–Kier alpha value is -2.79. The summed E-state index contributed by atoms with van der Waals surface area (Å²) in [4.78, 5) is 15.2. The van der Waals surface area contributed by atoms with Crippen LogP contribution in [0.25, 0.3) is 16.7 Å². The summed E-state index contributed by atoms with van der Waals surface area (Å²) in [6, 6.07) is 22.0. The summed E-state index contributed by atoms with van der Waals surface area (Å²) in [6.45, 7) is 1.23. The van der Waals surface area contributed by atoms with Crippen LogP contribution in [0.2, 0.25) is 10.0 Å². The molecule has 0 radical (unpaired) electrons. The van der Waals surface area contributed by atoms with E-state index in [2.05, 4.69) is 42.5 Å². The Morgan fingerprint density at radius 2 is 1.59 bits per heavy atom. The van der Waals surface area contributed by atoms with E-state index in [0.717, 1.165) is 11.1 Å². The number of carbonyl (C=O) groups excluding carboxylic acids is 1. The maximum Gasteiger partial charge on any atom is 0.410 e. The zero-order valence-electron chi connectivity index (χ0n) is 18.4. The zero-order valence-corrected chi connectivity index (χ0v) is 19.9. The number of halogens is 2. The third kappa shape index (κ3) is 3.80. The Morgan fingerprint density at radius 1 is 0.941 bits per heavy atom. The van der Waals surface area contributed by atoms with Crippen molar-refractivity contribution >= 4 is 34.9 Å². The second-order valence-electron chi connectivity index (χ2n) is 9.02. The smallest absolute Gasteiger partial charge is 0.410 e. The normalized spacial score (nSPS) is 21.0. The average molecular weight is 492 g/mol. The summed E-state index contributed by atoms with van der Waals surface area (Å²) in [5.74, 6) is 0.0388. The fraction of sp³-hybridized carbons (Fsp3) is 0.250. The van der Waals surface area contributed by atoms with E-state index in [0.29, 0.717) is 36.3 Å². The van der Waals surface area contributed by atoms with Gasteiger partial charge in [-0.25, -0.2) is 4.79 Å². The Bertz CT molecular complexity index is 1240. The van der Waals surface area contributed by atoms with Gasteiger partial charge in [0.25, 0.3) is 0 Å². The number of fused-ring (bicyclic) bond motifs is 5. The van der Waals surface area contributed by atoms with Crippen molar-refractivity contribution in [3.8, 4) is 11.1 Å². The van der Waals surface area contributed by atoms with Crippen LogP contribution >= 0.6 is 23.2 Å². The van der Waals surface area contributed by atoms with E-state index in [1.165, 1.54) is 22.3 Å². The van der Waals surface area contributed by atoms with Crippen LogP contribution in [0.1, 0.15) is 29.0 Å². The van der Waals surface area contributed by atoms with E-state index in [1.54, 1.807) is 6.07 Å². The van der Waals surface area contributed by atoms with Gasteiger partial charge in [0.05, 0.1) is 25.3 Å². The molecule has 2 aliphatic heterocycles. The van der Waals surface area contributed by atoms with Gasteiger partial charge >= 0.3 is 6.09 Å². The largest absolute Gasteiger partial charge is 0.448 e. The standard InChI is InChI=1S/C28H23Cl2NO3/c29-19-9-17(10-20(30)13-19)18-11-21-14-33-15-22(12-18)31(21)28(32)34-16-27-25-7-3-1-5-23(25)24-6-2-4-8-26(24)27/h1-11,13,21-22,27H,12,14-16H2. The van der Waals surface area contributed by atoms with Crippen molar-refractivity contribution in [3.63, 3.8) is 0 Å². The van der Waals surface area contributed by atoms with Gasteiger partial charge in [-0.2, -0.15) is 0 Å². The lowest BCUT2D eigenvalue weighted by Gasteiger charge is -2.44. The van der Waals surface area contributed by atoms with Crippen molar-refractivity contribution in [1.82, 2.24) is 4.90 Å². The summed E-state index contributed by atoms with van der Waals surface area (Å²) < 4.78 is 11.7. The van der Waals surface area contributed by atoms with Crippen LogP contribution in [0.4, 0.5) is 4.79 Å². The van der Waals surface area contributed by atoms with Crippen LogP contribution in [0.5, 0.6) is 0 Å². The fourth-order valence-electron chi connectivity index (χ4n) is 5.50. The number of amides is 1. The molecule has 0 saturated carbocycles. The molecule has 0 aromatic heterocycles. The first kappa shape index (κ1) is 21.7. The Kier molecular flexibility index (Phi) is 5.60. The van der Waals surface area contributed by atoms with E-state index in [1.807, 2.05) is 29.2 Å². The number of nitrogens with zero attached hydrogens (tertiary/aromatic N) is 1. The lowest BCUT2D eigenvalue weighted by Crippen LogP contribution is -2.56. The van der Waals surface area contributed by atoms with Gasteiger partial charge in [-0.05, 0) is 58.0 Å². The van der Waals surface area contributed by atoms with Crippen LogP contribution in [0, 0.1) is 0 Å². The van der Waals surface area contributed by atoms with E-state index < -0.39 is 0 Å². The Morgan fingerprint density at radius 3 is 2.24 bits per heavy atom. The number of ether oxygens (including phenoxy) is 2. The van der Waals surface area contributed by atoms with Crippen LogP contribution in [-0.2, 0) is 9.47 Å². The molecule has 3 aromatic rings. The molecule has 1 amide bonds. The van der Waals surface area contributed by atoms with Crippen LogP contribution in [0.15, 0.2) is 72.8 Å². The van der Waals surface area contributed by atoms with Crippen molar-refractivity contribution in [2.75, 3.05) is 19.8 Å². The number of hydrogen-bond donors (Lipinski definition) is 0. The molecule has 1 aliphatic carbocycles. The summed E-state index contributed by atoms with van der Waals surface area (Å²) >= 11 is 12.4. The highest BCUT2D eigenvalue weighted by Crippen LogP contribution is 2.44. The zero-order chi connectivity index (χ0) is 23.2. The first-order valence-electron chi connectivity index (χ1n) is 11.5. The molecule has 0 N–H and O–H groups in total. The number of carbonyl (C=O) groups is 1. The quantitative estimate of drug-likeness (QED) is 0.404. The van der Waals surface area contributed by atoms with Gasteiger partial charge in [0.15, 0.2) is 0 Å². The summed E-state index contributed by atoms with van der Waals surface area (Å²) in [5.41, 5.74) is 6.97. The molecule has 2 bridgehead atoms. The monoisotopic (exact) mass is 491 g/mol. The van der Waals surface area contributed by atoms with E-state index >= 15 is 0 Å². The molecule has 2 atom stereocenters. The van der Waals surface area contributed by atoms with Gasteiger partial charge in [0.2, 0.25) is 0 Å². The highest BCUT2D eigenvalue weighted by Gasteiger charge is 2.40. The summed E-state index contributed by atoms with van der Waals surface area (Å²) in [7, 11) is 0. The lowest BCUT2D eigenvalue weighted by atomic mass is 9.90. The minimum atomic E-state index is -0.292. The van der Waals surface area contributed by atoms with Gasteiger partial charge in [-0.1, -0.05) is 77.8 Å². The molecule has 3 aliphatic rings. The van der Waals surface area contributed by atoms with E-state index in [-0.39, 0.29) is 24.1 Å². The Labute approximate surface area is 208 Å². The first-order chi connectivity index (χ1) is 16.6. The molecule has 2 unspecified atom stereocenters. The molecule has 3 aromatic carbocycles. The van der Waals surface area contributed by atoms with Gasteiger partial charge in [-0.15, -0.1) is 0 Å². The number of rotatable bonds is 3. The highest BCUT2D eigenvalue weighted by molar-refractivity contribution is 6.34. The minimum absolute atomic E-state index is 0.0388. The van der Waals surface area contributed by atoms with Crippen LogP contribution in [0.3, 0.4) is 0 Å². The Balaban J connectivity index is 1.22. The molecule has 6 heteroatoms. The molecule has 0 spiro atoms. The predicted octanol–water partition coefficient (Wildman–Crippen LogP) is 6.80. The topological polar surface area (TPSA) is 38.8 Å².